The number of methoxy groups -OCH3 is 1. The average Bonchev–Trinajstić information content (AvgIpc) is 2.89. The van der Waals surface area contributed by atoms with Crippen molar-refractivity contribution in [3.8, 4) is 16.9 Å². The third-order valence-corrected chi connectivity index (χ3v) is 3.09. The summed E-state index contributed by atoms with van der Waals surface area (Å²) < 4.78 is 44.8. The minimum Gasteiger partial charge on any atom is -0.495 e. The van der Waals surface area contributed by atoms with Crippen LogP contribution < -0.4 is 4.74 Å². The van der Waals surface area contributed by atoms with E-state index in [0.29, 0.717) is 22.4 Å². The highest BCUT2D eigenvalue weighted by Gasteiger charge is 2.32. The Kier molecular flexibility index (Phi) is 3.04. The van der Waals surface area contributed by atoms with Crippen LogP contribution in [0.2, 0.25) is 0 Å². The molecule has 3 aromatic rings. The molecule has 0 unspecified atom stereocenters. The summed E-state index contributed by atoms with van der Waals surface area (Å²) in [4.78, 5) is 3.36. The van der Waals surface area contributed by atoms with Gasteiger partial charge >= 0.3 is 6.18 Å². The highest BCUT2D eigenvalue weighted by Crippen LogP contribution is 2.32. The van der Waals surface area contributed by atoms with Crippen molar-refractivity contribution in [2.45, 2.75) is 6.18 Å². The van der Waals surface area contributed by atoms with Gasteiger partial charge in [0.2, 0.25) is 0 Å². The van der Waals surface area contributed by atoms with Crippen LogP contribution in [-0.4, -0.2) is 21.7 Å². The maximum atomic E-state index is 12.7. The number of aromatic nitrogens is 3. The molecule has 0 saturated heterocycles. The summed E-state index contributed by atoms with van der Waals surface area (Å²) in [5, 5.41) is 4.13. The first-order chi connectivity index (χ1) is 9.99. The van der Waals surface area contributed by atoms with Crippen LogP contribution in [0.1, 0.15) is 5.69 Å². The lowest BCUT2D eigenvalue weighted by atomic mass is 10.1. The second-order valence-electron chi connectivity index (χ2n) is 4.38. The van der Waals surface area contributed by atoms with Gasteiger partial charge in [-0.2, -0.15) is 18.3 Å². The molecular weight excluding hydrogens is 283 g/mol. The SMILES string of the molecule is COc1ccc2c(-c3ccnc(C(F)(F)F)c3)cnn2c1. The van der Waals surface area contributed by atoms with Crippen LogP contribution in [0.15, 0.2) is 42.9 Å². The fraction of sp³-hybridized carbons (Fsp3) is 0.143. The van der Waals surface area contributed by atoms with Gasteiger partial charge in [-0.3, -0.25) is 4.98 Å². The van der Waals surface area contributed by atoms with Gasteiger partial charge in [0.25, 0.3) is 0 Å². The zero-order chi connectivity index (χ0) is 15.0. The molecule has 4 nitrogen and oxygen atoms in total. The lowest BCUT2D eigenvalue weighted by Crippen LogP contribution is -2.07. The third kappa shape index (κ3) is 2.42. The summed E-state index contributed by atoms with van der Waals surface area (Å²) in [7, 11) is 1.53. The Bertz CT molecular complexity index is 796. The fourth-order valence-corrected chi connectivity index (χ4v) is 2.06. The molecule has 0 radical (unpaired) electrons. The zero-order valence-electron chi connectivity index (χ0n) is 10.9. The third-order valence-electron chi connectivity index (χ3n) is 3.09. The van der Waals surface area contributed by atoms with Crippen molar-refractivity contribution in [1.29, 1.82) is 0 Å². The molecule has 108 valence electrons. The molecule has 0 aliphatic rings. The molecule has 0 bridgehead atoms. The van der Waals surface area contributed by atoms with Crippen molar-refractivity contribution in [3.05, 3.63) is 48.5 Å². The molecule has 0 amide bonds. The van der Waals surface area contributed by atoms with Gasteiger partial charge in [-0.25, -0.2) is 4.52 Å². The van der Waals surface area contributed by atoms with E-state index in [1.54, 1.807) is 22.8 Å². The van der Waals surface area contributed by atoms with E-state index >= 15 is 0 Å². The molecule has 0 fully saturated rings. The lowest BCUT2D eigenvalue weighted by Gasteiger charge is -2.07. The maximum absolute atomic E-state index is 12.7. The number of rotatable bonds is 2. The van der Waals surface area contributed by atoms with Crippen LogP contribution >= 0.6 is 0 Å². The van der Waals surface area contributed by atoms with Crippen molar-refractivity contribution < 1.29 is 17.9 Å². The summed E-state index contributed by atoms with van der Waals surface area (Å²) in [5.74, 6) is 0.614. The molecule has 0 aromatic carbocycles. The predicted molar refractivity (Wildman–Crippen MR) is 70.0 cm³/mol. The van der Waals surface area contributed by atoms with E-state index in [-0.39, 0.29) is 0 Å². The summed E-state index contributed by atoms with van der Waals surface area (Å²) >= 11 is 0. The molecule has 21 heavy (non-hydrogen) atoms. The van der Waals surface area contributed by atoms with E-state index in [9.17, 15) is 13.2 Å². The van der Waals surface area contributed by atoms with E-state index in [2.05, 4.69) is 10.1 Å². The molecule has 3 aromatic heterocycles. The largest absolute Gasteiger partial charge is 0.495 e. The molecule has 0 saturated carbocycles. The molecular formula is C14H10F3N3O. The Morgan fingerprint density at radius 3 is 2.71 bits per heavy atom. The van der Waals surface area contributed by atoms with Crippen LogP contribution in [0.4, 0.5) is 13.2 Å². The monoisotopic (exact) mass is 293 g/mol. The quantitative estimate of drug-likeness (QED) is 0.726. The van der Waals surface area contributed by atoms with Gasteiger partial charge in [0.05, 0.1) is 25.0 Å². The Hall–Kier alpha value is -2.57. The van der Waals surface area contributed by atoms with E-state index in [0.717, 1.165) is 12.3 Å². The summed E-state index contributed by atoms with van der Waals surface area (Å²) in [5.41, 5.74) is 0.783. The van der Waals surface area contributed by atoms with Gasteiger partial charge < -0.3 is 4.74 Å². The minimum absolute atomic E-state index is 0.414. The molecule has 0 atom stereocenters. The lowest BCUT2D eigenvalue weighted by molar-refractivity contribution is -0.141. The molecule has 0 spiro atoms. The van der Waals surface area contributed by atoms with Gasteiger partial charge in [0, 0.05) is 11.8 Å². The van der Waals surface area contributed by atoms with Gasteiger partial charge in [0.1, 0.15) is 11.4 Å². The molecule has 7 heteroatoms. The van der Waals surface area contributed by atoms with Crippen LogP contribution in [0.25, 0.3) is 16.6 Å². The normalized spacial score (nSPS) is 11.8. The number of ether oxygens (including phenoxy) is 1. The number of hydrogen-bond donors (Lipinski definition) is 0. The second-order valence-corrected chi connectivity index (χ2v) is 4.38. The molecule has 3 heterocycles. The van der Waals surface area contributed by atoms with Crippen LogP contribution in [-0.2, 0) is 6.18 Å². The van der Waals surface area contributed by atoms with Crippen LogP contribution in [0.3, 0.4) is 0 Å². The van der Waals surface area contributed by atoms with Gasteiger partial charge in [-0.15, -0.1) is 0 Å². The van der Waals surface area contributed by atoms with E-state index < -0.39 is 11.9 Å². The van der Waals surface area contributed by atoms with E-state index in [1.165, 1.54) is 19.4 Å². The second kappa shape index (κ2) is 4.76. The molecule has 0 N–H and O–H groups in total. The van der Waals surface area contributed by atoms with Gasteiger partial charge in [-0.05, 0) is 29.8 Å². The van der Waals surface area contributed by atoms with Crippen LogP contribution in [0.5, 0.6) is 5.75 Å². The Morgan fingerprint density at radius 1 is 1.19 bits per heavy atom. The molecule has 0 aliphatic heterocycles. The zero-order valence-corrected chi connectivity index (χ0v) is 10.9. The highest BCUT2D eigenvalue weighted by molar-refractivity contribution is 5.80. The van der Waals surface area contributed by atoms with Crippen molar-refractivity contribution in [3.63, 3.8) is 0 Å². The number of pyridine rings is 2. The first-order valence-electron chi connectivity index (χ1n) is 6.04. The van der Waals surface area contributed by atoms with Crippen molar-refractivity contribution in [2.75, 3.05) is 7.11 Å². The maximum Gasteiger partial charge on any atom is 0.433 e. The number of fused-ring (bicyclic) bond motifs is 1. The summed E-state index contributed by atoms with van der Waals surface area (Å²) in [6.45, 7) is 0. The average molecular weight is 293 g/mol. The minimum atomic E-state index is -4.47. The number of hydrogen-bond acceptors (Lipinski definition) is 3. The summed E-state index contributed by atoms with van der Waals surface area (Å²) in [6, 6.07) is 6.01. The van der Waals surface area contributed by atoms with E-state index in [1.807, 2.05) is 0 Å². The highest BCUT2D eigenvalue weighted by atomic mass is 19.4. The summed E-state index contributed by atoms with van der Waals surface area (Å²) in [6.07, 6.45) is -0.150. The van der Waals surface area contributed by atoms with Crippen molar-refractivity contribution in [2.24, 2.45) is 0 Å². The smallest absolute Gasteiger partial charge is 0.433 e. The predicted octanol–water partition coefficient (Wildman–Crippen LogP) is 3.42. The molecule has 0 aliphatic carbocycles. The fourth-order valence-electron chi connectivity index (χ4n) is 2.06. The van der Waals surface area contributed by atoms with E-state index in [4.69, 9.17) is 4.74 Å². The Morgan fingerprint density at radius 2 is 2.00 bits per heavy atom. The van der Waals surface area contributed by atoms with Crippen molar-refractivity contribution in [1.82, 2.24) is 14.6 Å². The van der Waals surface area contributed by atoms with Crippen molar-refractivity contribution >= 4 is 5.52 Å². The topological polar surface area (TPSA) is 39.4 Å². The standard InChI is InChI=1S/C14H10F3N3O/c1-21-10-2-3-12-11(7-19-20(12)8-10)9-4-5-18-13(6-9)14(15,16)17/h2-8H,1H3. The van der Waals surface area contributed by atoms with Gasteiger partial charge in [0.15, 0.2) is 0 Å². The number of nitrogens with zero attached hydrogens (tertiary/aromatic N) is 3. The Balaban J connectivity index is 2.13. The first-order valence-corrected chi connectivity index (χ1v) is 6.04. The Labute approximate surface area is 117 Å². The molecule has 3 rings (SSSR count). The van der Waals surface area contributed by atoms with Crippen LogP contribution in [0, 0.1) is 0 Å². The number of alkyl halides is 3. The van der Waals surface area contributed by atoms with Gasteiger partial charge in [-0.1, -0.05) is 0 Å². The number of halogens is 3. The first kappa shape index (κ1) is 13.4.